The number of aryl methyl sites for hydroxylation is 3. The maximum Gasteiger partial charge on any atom is 0.0379 e. The average molecular weight is 251 g/mol. The molecule has 1 atom stereocenters. The Bertz CT molecular complexity index is 590. The molecule has 1 heterocycles. The van der Waals surface area contributed by atoms with Gasteiger partial charge in [-0.2, -0.15) is 0 Å². The number of anilines is 1. The minimum atomic E-state index is 0.540. The highest BCUT2D eigenvalue weighted by molar-refractivity contribution is 5.59. The fourth-order valence-corrected chi connectivity index (χ4v) is 3.51. The topological polar surface area (TPSA) is 12.0 Å². The molecule has 98 valence electrons. The molecule has 1 N–H and O–H groups in total. The fourth-order valence-electron chi connectivity index (χ4n) is 3.51. The van der Waals surface area contributed by atoms with Gasteiger partial charge in [0, 0.05) is 18.2 Å². The lowest BCUT2D eigenvalue weighted by atomic mass is 9.80. The van der Waals surface area contributed by atoms with E-state index < -0.39 is 0 Å². The van der Waals surface area contributed by atoms with Crippen LogP contribution in [0.4, 0.5) is 5.69 Å². The van der Waals surface area contributed by atoms with E-state index in [-0.39, 0.29) is 0 Å². The van der Waals surface area contributed by atoms with Crippen LogP contribution in [0.3, 0.4) is 0 Å². The standard InChI is InChI=1S/C18H21N/c1-12-10-13(2)18(14(3)11-12)16-8-9-19-17-7-5-4-6-15(16)17/h4-7,10-11,16,19H,8-9H2,1-3H3. The Labute approximate surface area is 115 Å². The summed E-state index contributed by atoms with van der Waals surface area (Å²) in [4.78, 5) is 0. The van der Waals surface area contributed by atoms with Gasteiger partial charge < -0.3 is 5.32 Å². The first kappa shape index (κ1) is 12.3. The molecule has 1 nitrogen and oxygen atoms in total. The van der Waals surface area contributed by atoms with Crippen molar-refractivity contribution < 1.29 is 0 Å². The summed E-state index contributed by atoms with van der Waals surface area (Å²) in [6.45, 7) is 7.74. The third kappa shape index (κ3) is 2.14. The number of rotatable bonds is 1. The third-order valence-corrected chi connectivity index (χ3v) is 4.17. The van der Waals surface area contributed by atoms with Crippen LogP contribution in [0.2, 0.25) is 0 Å². The minimum absolute atomic E-state index is 0.540. The highest BCUT2D eigenvalue weighted by Crippen LogP contribution is 2.39. The normalized spacial score (nSPS) is 17.7. The average Bonchev–Trinajstić information content (AvgIpc) is 2.38. The highest BCUT2D eigenvalue weighted by atomic mass is 14.9. The van der Waals surface area contributed by atoms with Crippen LogP contribution >= 0.6 is 0 Å². The first-order chi connectivity index (χ1) is 9.16. The van der Waals surface area contributed by atoms with E-state index in [0.717, 1.165) is 6.54 Å². The van der Waals surface area contributed by atoms with Crippen molar-refractivity contribution in [2.75, 3.05) is 11.9 Å². The predicted molar refractivity (Wildman–Crippen MR) is 82.0 cm³/mol. The molecule has 0 spiro atoms. The summed E-state index contributed by atoms with van der Waals surface area (Å²) < 4.78 is 0. The van der Waals surface area contributed by atoms with Gasteiger partial charge in [-0.15, -0.1) is 0 Å². The third-order valence-electron chi connectivity index (χ3n) is 4.17. The summed E-state index contributed by atoms with van der Waals surface area (Å²) in [5.41, 5.74) is 8.50. The molecule has 1 aliphatic heterocycles. The van der Waals surface area contributed by atoms with E-state index >= 15 is 0 Å². The Morgan fingerprint density at radius 2 is 1.68 bits per heavy atom. The lowest BCUT2D eigenvalue weighted by Gasteiger charge is -2.29. The van der Waals surface area contributed by atoms with Crippen LogP contribution in [0.15, 0.2) is 36.4 Å². The second kappa shape index (κ2) is 4.73. The number of hydrogen-bond donors (Lipinski definition) is 1. The van der Waals surface area contributed by atoms with Gasteiger partial charge in [0.2, 0.25) is 0 Å². The second-order valence-corrected chi connectivity index (χ2v) is 5.67. The van der Waals surface area contributed by atoms with Gasteiger partial charge in [-0.25, -0.2) is 0 Å². The van der Waals surface area contributed by atoms with E-state index in [1.165, 1.54) is 39.9 Å². The van der Waals surface area contributed by atoms with Crippen LogP contribution in [-0.2, 0) is 0 Å². The lowest BCUT2D eigenvalue weighted by molar-refractivity contribution is 0.711. The maximum absolute atomic E-state index is 3.51. The van der Waals surface area contributed by atoms with Crippen LogP contribution in [0.1, 0.15) is 40.2 Å². The Morgan fingerprint density at radius 1 is 1.00 bits per heavy atom. The molecule has 2 aromatic carbocycles. The largest absolute Gasteiger partial charge is 0.385 e. The quantitative estimate of drug-likeness (QED) is 0.783. The smallest absolute Gasteiger partial charge is 0.0379 e. The molecule has 19 heavy (non-hydrogen) atoms. The van der Waals surface area contributed by atoms with Crippen molar-refractivity contribution in [3.05, 3.63) is 64.2 Å². The van der Waals surface area contributed by atoms with Crippen molar-refractivity contribution in [1.82, 2.24) is 0 Å². The van der Waals surface area contributed by atoms with Gasteiger partial charge in [0.1, 0.15) is 0 Å². The van der Waals surface area contributed by atoms with E-state index in [1.54, 1.807) is 0 Å². The molecular weight excluding hydrogens is 230 g/mol. The number of para-hydroxylation sites is 1. The first-order valence-electron chi connectivity index (χ1n) is 7.07. The number of nitrogens with one attached hydrogen (secondary N) is 1. The highest BCUT2D eigenvalue weighted by Gasteiger charge is 2.23. The SMILES string of the molecule is Cc1cc(C)c(C2CCNc3ccccc32)c(C)c1. The Morgan fingerprint density at radius 3 is 2.42 bits per heavy atom. The molecule has 0 fully saturated rings. The summed E-state index contributed by atoms with van der Waals surface area (Å²) >= 11 is 0. The zero-order chi connectivity index (χ0) is 13.4. The fraction of sp³-hybridized carbons (Fsp3) is 0.333. The van der Waals surface area contributed by atoms with Crippen molar-refractivity contribution in [3.63, 3.8) is 0 Å². The van der Waals surface area contributed by atoms with E-state index in [1.807, 2.05) is 0 Å². The minimum Gasteiger partial charge on any atom is -0.385 e. The van der Waals surface area contributed by atoms with Gasteiger partial charge >= 0.3 is 0 Å². The van der Waals surface area contributed by atoms with E-state index in [9.17, 15) is 0 Å². The molecule has 3 rings (SSSR count). The van der Waals surface area contributed by atoms with Crippen molar-refractivity contribution in [3.8, 4) is 0 Å². The molecule has 0 bridgehead atoms. The summed E-state index contributed by atoms with van der Waals surface area (Å²) in [5, 5.41) is 3.51. The van der Waals surface area contributed by atoms with Crippen LogP contribution in [0.5, 0.6) is 0 Å². The van der Waals surface area contributed by atoms with E-state index in [2.05, 4.69) is 62.5 Å². The number of hydrogen-bond acceptors (Lipinski definition) is 1. The molecule has 1 aliphatic rings. The molecule has 1 unspecified atom stereocenters. The van der Waals surface area contributed by atoms with Crippen molar-refractivity contribution >= 4 is 5.69 Å². The first-order valence-corrected chi connectivity index (χ1v) is 7.07. The Kier molecular flexibility index (Phi) is 3.06. The van der Waals surface area contributed by atoms with Crippen molar-refractivity contribution in [2.24, 2.45) is 0 Å². The summed E-state index contributed by atoms with van der Waals surface area (Å²) in [6.07, 6.45) is 1.18. The Balaban J connectivity index is 2.14. The van der Waals surface area contributed by atoms with Crippen LogP contribution in [-0.4, -0.2) is 6.54 Å². The van der Waals surface area contributed by atoms with Crippen LogP contribution < -0.4 is 5.32 Å². The van der Waals surface area contributed by atoms with Crippen LogP contribution in [0, 0.1) is 20.8 Å². The monoisotopic (exact) mass is 251 g/mol. The molecular formula is C18H21N. The van der Waals surface area contributed by atoms with Gasteiger partial charge in [-0.1, -0.05) is 35.9 Å². The summed E-state index contributed by atoms with van der Waals surface area (Å²) in [6, 6.07) is 13.4. The number of benzene rings is 2. The molecule has 0 saturated heterocycles. The van der Waals surface area contributed by atoms with Gasteiger partial charge in [0.15, 0.2) is 0 Å². The van der Waals surface area contributed by atoms with Crippen LogP contribution in [0.25, 0.3) is 0 Å². The Hall–Kier alpha value is -1.76. The van der Waals surface area contributed by atoms with Crippen molar-refractivity contribution in [2.45, 2.75) is 33.1 Å². The molecule has 2 aromatic rings. The van der Waals surface area contributed by atoms with E-state index in [0.29, 0.717) is 5.92 Å². The van der Waals surface area contributed by atoms with Gasteiger partial charge in [0.25, 0.3) is 0 Å². The molecule has 0 saturated carbocycles. The molecule has 0 amide bonds. The van der Waals surface area contributed by atoms with Gasteiger partial charge in [-0.3, -0.25) is 0 Å². The summed E-state index contributed by atoms with van der Waals surface area (Å²) in [7, 11) is 0. The molecule has 0 aliphatic carbocycles. The molecule has 1 heteroatoms. The molecule has 0 aromatic heterocycles. The maximum atomic E-state index is 3.51. The number of fused-ring (bicyclic) bond motifs is 1. The van der Waals surface area contributed by atoms with Crippen molar-refractivity contribution in [1.29, 1.82) is 0 Å². The zero-order valence-corrected chi connectivity index (χ0v) is 12.0. The van der Waals surface area contributed by atoms with Gasteiger partial charge in [0.05, 0.1) is 0 Å². The van der Waals surface area contributed by atoms with Gasteiger partial charge in [-0.05, 0) is 55.5 Å². The van der Waals surface area contributed by atoms with E-state index in [4.69, 9.17) is 0 Å². The second-order valence-electron chi connectivity index (χ2n) is 5.67. The lowest BCUT2D eigenvalue weighted by Crippen LogP contribution is -2.19. The molecule has 0 radical (unpaired) electrons. The predicted octanol–water partition coefficient (Wildman–Crippen LogP) is 4.56. The zero-order valence-electron chi connectivity index (χ0n) is 12.0. The summed E-state index contributed by atoms with van der Waals surface area (Å²) in [5.74, 6) is 0.540.